The zero-order valence-electron chi connectivity index (χ0n) is 6.95. The molecule has 2 rings (SSSR count). The minimum atomic E-state index is -0.801. The van der Waals surface area contributed by atoms with Gasteiger partial charge in [-0.25, -0.2) is 0 Å². The number of hydrogen-bond donors (Lipinski definition) is 2. The molecule has 66 valence electrons. The third kappa shape index (κ3) is 1.40. The van der Waals surface area contributed by atoms with E-state index in [1.165, 1.54) is 0 Å². The van der Waals surface area contributed by atoms with Crippen molar-refractivity contribution in [3.05, 3.63) is 36.0 Å². The van der Waals surface area contributed by atoms with Crippen molar-refractivity contribution in [2.45, 2.75) is 6.42 Å². The lowest BCUT2D eigenvalue weighted by atomic mass is 10.1. The summed E-state index contributed by atoms with van der Waals surface area (Å²) in [5.74, 6) is -0.801. The first-order valence-electron chi connectivity index (χ1n) is 4.04. The summed E-state index contributed by atoms with van der Waals surface area (Å²) in [6, 6.07) is 7.61. The van der Waals surface area contributed by atoms with Crippen LogP contribution in [0.4, 0.5) is 0 Å². The van der Waals surface area contributed by atoms with Gasteiger partial charge in [-0.2, -0.15) is 0 Å². The van der Waals surface area contributed by atoms with Gasteiger partial charge in [0.15, 0.2) is 0 Å². The number of rotatable bonds is 2. The van der Waals surface area contributed by atoms with E-state index in [1.54, 1.807) is 6.20 Å². The molecule has 0 bridgehead atoms. The third-order valence-electron chi connectivity index (χ3n) is 2.02. The minimum Gasteiger partial charge on any atom is -0.481 e. The highest BCUT2D eigenvalue weighted by molar-refractivity contribution is 5.76. The van der Waals surface area contributed by atoms with Crippen LogP contribution in [-0.2, 0) is 11.2 Å². The quantitative estimate of drug-likeness (QED) is 0.730. The SMILES string of the molecule is O=C(O)Cc1ccc2ccc[nH]c1-2. The van der Waals surface area contributed by atoms with E-state index in [9.17, 15) is 4.79 Å². The van der Waals surface area contributed by atoms with Crippen LogP contribution in [0.2, 0.25) is 0 Å². The van der Waals surface area contributed by atoms with E-state index in [4.69, 9.17) is 5.11 Å². The van der Waals surface area contributed by atoms with Crippen molar-refractivity contribution in [1.29, 1.82) is 0 Å². The van der Waals surface area contributed by atoms with Gasteiger partial charge in [-0.05, 0) is 17.2 Å². The summed E-state index contributed by atoms with van der Waals surface area (Å²) in [5, 5.41) is 8.63. The second kappa shape index (κ2) is 2.94. The van der Waals surface area contributed by atoms with E-state index in [2.05, 4.69) is 4.98 Å². The molecule has 0 spiro atoms. The fourth-order valence-electron chi connectivity index (χ4n) is 1.45. The van der Waals surface area contributed by atoms with Gasteiger partial charge in [0.2, 0.25) is 0 Å². The number of aromatic nitrogens is 1. The highest BCUT2D eigenvalue weighted by Crippen LogP contribution is 2.25. The highest BCUT2D eigenvalue weighted by Gasteiger charge is 2.10. The molecule has 2 aliphatic rings. The summed E-state index contributed by atoms with van der Waals surface area (Å²) < 4.78 is 0. The fourth-order valence-corrected chi connectivity index (χ4v) is 1.45. The van der Waals surface area contributed by atoms with E-state index in [0.717, 1.165) is 16.8 Å². The van der Waals surface area contributed by atoms with Crippen molar-refractivity contribution >= 4 is 5.97 Å². The summed E-state index contributed by atoms with van der Waals surface area (Å²) in [4.78, 5) is 13.5. The van der Waals surface area contributed by atoms with Crippen LogP contribution in [0.5, 0.6) is 0 Å². The maximum absolute atomic E-state index is 10.5. The first-order valence-corrected chi connectivity index (χ1v) is 4.04. The Bertz CT molecular complexity index is 405. The molecule has 0 atom stereocenters. The Kier molecular flexibility index (Phi) is 1.77. The number of aromatic amines is 1. The second-order valence-corrected chi connectivity index (χ2v) is 2.93. The molecule has 0 unspecified atom stereocenters. The van der Waals surface area contributed by atoms with Crippen LogP contribution in [0.3, 0.4) is 0 Å². The topological polar surface area (TPSA) is 53.1 Å². The van der Waals surface area contributed by atoms with Gasteiger partial charge in [0, 0.05) is 11.9 Å². The molecule has 0 fully saturated rings. The number of fused-ring (bicyclic) bond motifs is 1. The van der Waals surface area contributed by atoms with E-state index < -0.39 is 5.97 Å². The Morgan fingerprint density at radius 2 is 2.23 bits per heavy atom. The first kappa shape index (κ1) is 7.86. The monoisotopic (exact) mass is 175 g/mol. The minimum absolute atomic E-state index is 0.0734. The van der Waals surface area contributed by atoms with Gasteiger partial charge < -0.3 is 10.1 Å². The van der Waals surface area contributed by atoms with Gasteiger partial charge in [-0.1, -0.05) is 18.2 Å². The Labute approximate surface area is 75.4 Å². The van der Waals surface area contributed by atoms with E-state index >= 15 is 0 Å². The van der Waals surface area contributed by atoms with Crippen molar-refractivity contribution in [3.8, 4) is 11.3 Å². The predicted octanol–water partition coefficient (Wildman–Crippen LogP) is 1.75. The lowest BCUT2D eigenvalue weighted by molar-refractivity contribution is -0.136. The molecule has 3 heteroatoms. The number of carboxylic acids is 1. The van der Waals surface area contributed by atoms with Crippen molar-refractivity contribution in [3.63, 3.8) is 0 Å². The second-order valence-electron chi connectivity index (χ2n) is 2.93. The molecule has 2 N–H and O–H groups in total. The Morgan fingerprint density at radius 1 is 1.38 bits per heavy atom. The zero-order chi connectivity index (χ0) is 9.26. The summed E-state index contributed by atoms with van der Waals surface area (Å²) in [6.07, 6.45) is 1.87. The van der Waals surface area contributed by atoms with Gasteiger partial charge in [0.25, 0.3) is 0 Å². The van der Waals surface area contributed by atoms with Crippen molar-refractivity contribution in [2.24, 2.45) is 0 Å². The smallest absolute Gasteiger partial charge is 0.307 e. The molecule has 1 aliphatic carbocycles. The summed E-state index contributed by atoms with van der Waals surface area (Å²) in [5.41, 5.74) is 2.81. The maximum atomic E-state index is 10.5. The lowest BCUT2D eigenvalue weighted by Gasteiger charge is -2.00. The number of H-pyrrole nitrogens is 1. The molecular formula is C10H9NO2. The van der Waals surface area contributed by atoms with E-state index in [0.29, 0.717) is 0 Å². The molecule has 0 saturated carbocycles. The van der Waals surface area contributed by atoms with Gasteiger partial charge in [-0.15, -0.1) is 0 Å². The van der Waals surface area contributed by atoms with Gasteiger partial charge in [0.1, 0.15) is 0 Å². The Balaban J connectivity index is 2.43. The number of aliphatic carboxylic acids is 1. The number of hydrogen-bond acceptors (Lipinski definition) is 1. The van der Waals surface area contributed by atoms with Crippen molar-refractivity contribution in [2.75, 3.05) is 0 Å². The predicted molar refractivity (Wildman–Crippen MR) is 48.8 cm³/mol. The number of carbonyl (C=O) groups is 1. The average molecular weight is 175 g/mol. The molecular weight excluding hydrogens is 166 g/mol. The van der Waals surface area contributed by atoms with Gasteiger partial charge in [0.05, 0.1) is 6.42 Å². The fraction of sp³-hybridized carbons (Fsp3) is 0.100. The molecule has 0 aromatic carbocycles. The lowest BCUT2D eigenvalue weighted by Crippen LogP contribution is -2.00. The number of carboxylic acid groups (broad SMARTS) is 1. The maximum Gasteiger partial charge on any atom is 0.307 e. The molecule has 0 saturated heterocycles. The molecule has 1 heterocycles. The van der Waals surface area contributed by atoms with E-state index in [1.807, 2.05) is 24.3 Å². The van der Waals surface area contributed by atoms with Crippen molar-refractivity contribution in [1.82, 2.24) is 4.98 Å². The van der Waals surface area contributed by atoms with Crippen LogP contribution in [0.1, 0.15) is 5.56 Å². The Hall–Kier alpha value is -1.77. The van der Waals surface area contributed by atoms with Crippen LogP contribution in [0.15, 0.2) is 30.5 Å². The highest BCUT2D eigenvalue weighted by atomic mass is 16.4. The van der Waals surface area contributed by atoms with Crippen LogP contribution in [0.25, 0.3) is 11.3 Å². The van der Waals surface area contributed by atoms with Crippen LogP contribution in [0, 0.1) is 0 Å². The molecule has 0 amide bonds. The normalized spacial score (nSPS) is 10.5. The summed E-state index contributed by atoms with van der Waals surface area (Å²) >= 11 is 0. The standard InChI is InChI=1S/C10H9NO2/c12-9(13)6-8-4-3-7-2-1-5-11-10(7)8/h1-5,11H,6H2,(H,12,13). The molecule has 1 aliphatic heterocycles. The summed E-state index contributed by atoms with van der Waals surface area (Å²) in [6.45, 7) is 0. The van der Waals surface area contributed by atoms with Gasteiger partial charge in [-0.3, -0.25) is 4.79 Å². The van der Waals surface area contributed by atoms with Crippen LogP contribution < -0.4 is 0 Å². The van der Waals surface area contributed by atoms with E-state index in [-0.39, 0.29) is 6.42 Å². The molecule has 0 aromatic rings. The van der Waals surface area contributed by atoms with Gasteiger partial charge >= 0.3 is 5.97 Å². The molecule has 0 aromatic heterocycles. The number of pyridine rings is 1. The largest absolute Gasteiger partial charge is 0.481 e. The summed E-state index contributed by atoms with van der Waals surface area (Å²) in [7, 11) is 0. The van der Waals surface area contributed by atoms with Crippen LogP contribution in [-0.4, -0.2) is 16.1 Å². The molecule has 0 radical (unpaired) electrons. The third-order valence-corrected chi connectivity index (χ3v) is 2.02. The van der Waals surface area contributed by atoms with Crippen molar-refractivity contribution < 1.29 is 9.90 Å². The molecule has 13 heavy (non-hydrogen) atoms. The average Bonchev–Trinajstić information content (AvgIpc) is 2.48. The van der Waals surface area contributed by atoms with Crippen LogP contribution >= 0.6 is 0 Å². The Morgan fingerprint density at radius 3 is 3.00 bits per heavy atom. The number of nitrogens with one attached hydrogen (secondary N) is 1. The molecule has 3 nitrogen and oxygen atoms in total. The zero-order valence-corrected chi connectivity index (χ0v) is 6.95. The first-order chi connectivity index (χ1) is 6.27.